The minimum atomic E-state index is -4.52. The second-order valence-electron chi connectivity index (χ2n) is 3.62. The Morgan fingerprint density at radius 2 is 1.76 bits per heavy atom. The van der Waals surface area contributed by atoms with Crippen molar-refractivity contribution in [3.8, 4) is 0 Å². The average Bonchev–Trinajstić information content (AvgIpc) is 2.16. The zero-order chi connectivity index (χ0) is 12.8. The zero-order valence-electron chi connectivity index (χ0n) is 8.61. The quantitative estimate of drug-likeness (QED) is 0.738. The fourth-order valence-electron chi connectivity index (χ4n) is 1.63. The molecule has 90 valence electrons. The fourth-order valence-corrected chi connectivity index (χ4v) is 1.63. The summed E-state index contributed by atoms with van der Waals surface area (Å²) in [6, 6.07) is 1.87. The highest BCUT2D eigenvalue weighted by atomic mass is 19.4. The number of benzene rings is 1. The average molecular weight is 244 g/mol. The van der Waals surface area contributed by atoms with Crippen molar-refractivity contribution in [2.24, 2.45) is 0 Å². The Morgan fingerprint density at radius 1 is 1.12 bits per heavy atom. The molecule has 0 aliphatic heterocycles. The zero-order valence-corrected chi connectivity index (χ0v) is 8.61. The molecule has 0 amide bonds. The topological polar surface area (TPSA) is 65.7 Å². The first kappa shape index (κ1) is 11.4. The molecule has 0 bridgehead atoms. The molecule has 1 aromatic carbocycles. The van der Waals surface area contributed by atoms with E-state index in [4.69, 9.17) is 0 Å². The van der Waals surface area contributed by atoms with Gasteiger partial charge in [0.05, 0.1) is 16.5 Å². The summed E-state index contributed by atoms with van der Waals surface area (Å²) in [6.45, 7) is 1.26. The number of nitrogens with one attached hydrogen (secondary N) is 2. The van der Waals surface area contributed by atoms with Crippen LogP contribution in [0.5, 0.6) is 0 Å². The molecule has 2 aromatic rings. The maximum Gasteiger partial charge on any atom is 0.416 e. The molecule has 7 heteroatoms. The first-order valence-corrected chi connectivity index (χ1v) is 4.63. The van der Waals surface area contributed by atoms with Crippen LogP contribution in [0.2, 0.25) is 0 Å². The highest BCUT2D eigenvalue weighted by Gasteiger charge is 2.32. The third kappa shape index (κ3) is 1.95. The van der Waals surface area contributed by atoms with Gasteiger partial charge in [0.25, 0.3) is 5.56 Å². The van der Waals surface area contributed by atoms with E-state index >= 15 is 0 Å². The monoisotopic (exact) mass is 244 g/mol. The van der Waals surface area contributed by atoms with Crippen LogP contribution in [0.3, 0.4) is 0 Å². The first-order chi connectivity index (χ1) is 7.79. The molecule has 0 aliphatic carbocycles. The number of aromatic amines is 2. The van der Waals surface area contributed by atoms with Crippen LogP contribution in [0.1, 0.15) is 11.1 Å². The van der Waals surface area contributed by atoms with Crippen molar-refractivity contribution in [2.75, 3.05) is 0 Å². The number of halogens is 3. The van der Waals surface area contributed by atoms with E-state index in [-0.39, 0.29) is 16.5 Å². The fraction of sp³-hybridized carbons (Fsp3) is 0.200. The molecule has 0 fully saturated rings. The number of fused-ring (bicyclic) bond motifs is 1. The molecule has 0 radical (unpaired) electrons. The minimum absolute atomic E-state index is 0.0232. The summed E-state index contributed by atoms with van der Waals surface area (Å²) in [4.78, 5) is 26.4. The maximum atomic E-state index is 12.6. The largest absolute Gasteiger partial charge is 0.416 e. The predicted molar refractivity (Wildman–Crippen MR) is 54.9 cm³/mol. The lowest BCUT2D eigenvalue weighted by atomic mass is 10.1. The molecule has 0 unspecified atom stereocenters. The lowest BCUT2D eigenvalue weighted by Gasteiger charge is -2.10. The molecule has 0 spiro atoms. The van der Waals surface area contributed by atoms with E-state index in [1.807, 2.05) is 4.98 Å². The Labute approximate surface area is 92.1 Å². The normalized spacial score (nSPS) is 12.0. The van der Waals surface area contributed by atoms with Crippen LogP contribution in [0, 0.1) is 6.92 Å². The summed E-state index contributed by atoms with van der Waals surface area (Å²) in [5.41, 5.74) is -2.61. The van der Waals surface area contributed by atoms with Gasteiger partial charge in [-0.1, -0.05) is 0 Å². The summed E-state index contributed by atoms with van der Waals surface area (Å²) >= 11 is 0. The Kier molecular flexibility index (Phi) is 2.34. The lowest BCUT2D eigenvalue weighted by Crippen LogP contribution is -2.22. The van der Waals surface area contributed by atoms with E-state index in [0.717, 1.165) is 12.1 Å². The molecule has 2 rings (SSSR count). The molecular weight excluding hydrogens is 237 g/mol. The van der Waals surface area contributed by atoms with Crippen LogP contribution in [-0.2, 0) is 6.18 Å². The second kappa shape index (κ2) is 3.47. The van der Waals surface area contributed by atoms with Gasteiger partial charge in [0.2, 0.25) is 0 Å². The van der Waals surface area contributed by atoms with Gasteiger partial charge in [-0.3, -0.25) is 9.78 Å². The van der Waals surface area contributed by atoms with E-state index in [1.165, 1.54) is 6.92 Å². The maximum absolute atomic E-state index is 12.6. The van der Waals surface area contributed by atoms with Crippen molar-refractivity contribution in [1.82, 2.24) is 9.97 Å². The standard InChI is InChI=1S/C10H7F3N2O2/c1-4-2-5-7(3-6(4)10(11,12)13)14-9(17)15-8(5)16/h2-3H,1H3,(H2,14,15,16,17). The third-order valence-electron chi connectivity index (χ3n) is 2.39. The summed E-state index contributed by atoms with van der Waals surface area (Å²) in [6.07, 6.45) is -4.52. The minimum Gasteiger partial charge on any atom is -0.307 e. The lowest BCUT2D eigenvalue weighted by molar-refractivity contribution is -0.137. The van der Waals surface area contributed by atoms with Crippen molar-refractivity contribution in [1.29, 1.82) is 0 Å². The van der Waals surface area contributed by atoms with Crippen molar-refractivity contribution in [3.63, 3.8) is 0 Å². The SMILES string of the molecule is Cc1cc2c(=O)[nH]c(=O)[nH]c2cc1C(F)(F)F. The number of hydrogen-bond donors (Lipinski definition) is 2. The molecule has 1 heterocycles. The second-order valence-corrected chi connectivity index (χ2v) is 3.62. The number of hydrogen-bond acceptors (Lipinski definition) is 2. The number of H-pyrrole nitrogens is 2. The van der Waals surface area contributed by atoms with Crippen molar-refractivity contribution in [3.05, 3.63) is 44.1 Å². The van der Waals surface area contributed by atoms with E-state index in [9.17, 15) is 22.8 Å². The van der Waals surface area contributed by atoms with Gasteiger partial charge in [-0.05, 0) is 24.6 Å². The Morgan fingerprint density at radius 3 is 2.35 bits per heavy atom. The molecule has 0 saturated heterocycles. The van der Waals surface area contributed by atoms with Crippen LogP contribution in [0.15, 0.2) is 21.7 Å². The third-order valence-corrected chi connectivity index (χ3v) is 2.39. The van der Waals surface area contributed by atoms with Crippen LogP contribution in [-0.4, -0.2) is 9.97 Å². The number of rotatable bonds is 0. The molecule has 0 atom stereocenters. The molecular formula is C10H7F3N2O2. The van der Waals surface area contributed by atoms with Gasteiger partial charge in [-0.15, -0.1) is 0 Å². The smallest absolute Gasteiger partial charge is 0.307 e. The van der Waals surface area contributed by atoms with Gasteiger partial charge < -0.3 is 4.98 Å². The number of aryl methyl sites for hydroxylation is 1. The summed E-state index contributed by atoms with van der Waals surface area (Å²) in [7, 11) is 0. The summed E-state index contributed by atoms with van der Waals surface area (Å²) < 4.78 is 37.8. The van der Waals surface area contributed by atoms with Crippen LogP contribution in [0.25, 0.3) is 10.9 Å². The van der Waals surface area contributed by atoms with Crippen LogP contribution < -0.4 is 11.2 Å². The van der Waals surface area contributed by atoms with Gasteiger partial charge in [-0.25, -0.2) is 4.79 Å². The Balaban J connectivity index is 2.91. The predicted octanol–water partition coefficient (Wildman–Crippen LogP) is 1.54. The van der Waals surface area contributed by atoms with Gasteiger partial charge >= 0.3 is 11.9 Å². The van der Waals surface area contributed by atoms with Gasteiger partial charge in [0.15, 0.2) is 0 Å². The van der Waals surface area contributed by atoms with Gasteiger partial charge in [0, 0.05) is 0 Å². The molecule has 1 aromatic heterocycles. The highest BCUT2D eigenvalue weighted by Crippen LogP contribution is 2.32. The Hall–Kier alpha value is -2.05. The first-order valence-electron chi connectivity index (χ1n) is 4.63. The number of aromatic nitrogens is 2. The molecule has 0 aliphatic rings. The summed E-state index contributed by atoms with van der Waals surface area (Å²) in [5, 5.41) is 0.0232. The highest BCUT2D eigenvalue weighted by molar-refractivity contribution is 5.79. The van der Waals surface area contributed by atoms with E-state index in [0.29, 0.717) is 0 Å². The van der Waals surface area contributed by atoms with Crippen molar-refractivity contribution in [2.45, 2.75) is 13.1 Å². The van der Waals surface area contributed by atoms with Crippen molar-refractivity contribution >= 4 is 10.9 Å². The van der Waals surface area contributed by atoms with E-state index < -0.39 is 23.0 Å². The summed E-state index contributed by atoms with van der Waals surface area (Å²) in [5.74, 6) is 0. The van der Waals surface area contributed by atoms with Crippen LogP contribution >= 0.6 is 0 Å². The Bertz CT molecular complexity index is 697. The molecule has 17 heavy (non-hydrogen) atoms. The van der Waals surface area contributed by atoms with E-state index in [2.05, 4.69) is 4.98 Å². The molecule has 2 N–H and O–H groups in total. The van der Waals surface area contributed by atoms with E-state index in [1.54, 1.807) is 0 Å². The number of alkyl halides is 3. The molecule has 4 nitrogen and oxygen atoms in total. The van der Waals surface area contributed by atoms with Crippen LogP contribution in [0.4, 0.5) is 13.2 Å². The van der Waals surface area contributed by atoms with Crippen molar-refractivity contribution < 1.29 is 13.2 Å². The van der Waals surface area contributed by atoms with Gasteiger partial charge in [0.1, 0.15) is 0 Å². The molecule has 0 saturated carbocycles. The van der Waals surface area contributed by atoms with Gasteiger partial charge in [-0.2, -0.15) is 13.2 Å².